The monoisotopic (exact) mass is 555 g/mol. The highest BCUT2D eigenvalue weighted by atomic mass is 16.5. The zero-order valence-electron chi connectivity index (χ0n) is 22.5. The zero-order valence-corrected chi connectivity index (χ0v) is 22.5. The van der Waals surface area contributed by atoms with E-state index < -0.39 is 23.9 Å². The Hall–Kier alpha value is -4.76. The quantitative estimate of drug-likeness (QED) is 0.0614. The molecule has 5 aromatic carbocycles. The molecule has 5 rings (SSSR count). The van der Waals surface area contributed by atoms with Gasteiger partial charge >= 0.3 is 23.9 Å². The van der Waals surface area contributed by atoms with Crippen molar-refractivity contribution in [3.8, 4) is 0 Å². The van der Waals surface area contributed by atoms with Gasteiger partial charge in [0.05, 0.1) is 28.9 Å². The molecule has 0 fully saturated rings. The minimum atomic E-state index is -1.26. The van der Waals surface area contributed by atoms with Gasteiger partial charge in [0.1, 0.15) is 0 Å². The summed E-state index contributed by atoms with van der Waals surface area (Å²) in [6, 6.07) is 12.1. The normalized spacial score (nSPS) is 11.5. The summed E-state index contributed by atoms with van der Waals surface area (Å²) in [7, 11) is 0. The molecule has 210 valence electrons. The molecule has 0 bridgehead atoms. The molecule has 0 aromatic heterocycles. The van der Waals surface area contributed by atoms with E-state index >= 15 is 0 Å². The van der Waals surface area contributed by atoms with Crippen LogP contribution >= 0.6 is 0 Å². The number of esters is 1. The van der Waals surface area contributed by atoms with Crippen LogP contribution < -0.4 is 5.32 Å². The largest absolute Gasteiger partial charge is 0.478 e. The molecule has 0 saturated heterocycles. The summed E-state index contributed by atoms with van der Waals surface area (Å²) >= 11 is 0. The van der Waals surface area contributed by atoms with Crippen molar-refractivity contribution >= 4 is 67.0 Å². The first kappa shape index (κ1) is 27.8. The van der Waals surface area contributed by atoms with Gasteiger partial charge in [-0.3, -0.25) is 0 Å². The van der Waals surface area contributed by atoms with E-state index in [0.717, 1.165) is 32.4 Å². The van der Waals surface area contributed by atoms with Crippen LogP contribution in [-0.2, 0) is 4.74 Å². The number of carbonyl (C=O) groups excluding carboxylic acids is 1. The van der Waals surface area contributed by atoms with Crippen molar-refractivity contribution in [2.45, 2.75) is 32.6 Å². The van der Waals surface area contributed by atoms with E-state index in [1.165, 1.54) is 24.3 Å². The molecule has 0 radical (unpaired) electrons. The highest BCUT2D eigenvalue weighted by Gasteiger charge is 2.25. The predicted octanol–water partition coefficient (Wildman–Crippen LogP) is 6.16. The molecule has 0 saturated carbocycles. The smallest absolute Gasteiger partial charge is 0.338 e. The molecular formula is C32H29NO8. The van der Waals surface area contributed by atoms with Gasteiger partial charge in [-0.2, -0.15) is 0 Å². The fourth-order valence-corrected chi connectivity index (χ4v) is 5.62. The Balaban J connectivity index is 1.66. The first-order valence-corrected chi connectivity index (χ1v) is 13.5. The van der Waals surface area contributed by atoms with Gasteiger partial charge in [0.15, 0.2) is 0 Å². The number of hydrogen-bond acceptors (Lipinski definition) is 6. The molecule has 5 aromatic rings. The van der Waals surface area contributed by atoms with E-state index in [1.54, 1.807) is 24.3 Å². The summed E-state index contributed by atoms with van der Waals surface area (Å²) in [4.78, 5) is 49.7. The number of aromatic carboxylic acids is 3. The highest BCUT2D eigenvalue weighted by molar-refractivity contribution is 6.38. The minimum Gasteiger partial charge on any atom is -0.478 e. The van der Waals surface area contributed by atoms with Crippen molar-refractivity contribution in [2.75, 3.05) is 19.7 Å². The van der Waals surface area contributed by atoms with Crippen LogP contribution in [0.2, 0.25) is 0 Å². The maximum absolute atomic E-state index is 13.3. The Labute approximate surface area is 234 Å². The average molecular weight is 556 g/mol. The number of carboxylic acid groups (broad SMARTS) is 3. The Morgan fingerprint density at radius 3 is 1.44 bits per heavy atom. The number of hydrogen-bond donors (Lipinski definition) is 4. The van der Waals surface area contributed by atoms with Gasteiger partial charge in [0, 0.05) is 10.8 Å². The SMILES string of the molecule is CCCCNCCCCOC(=O)c1ccc2c3ccc(C(=O)O)c4c(C(=O)O)ccc(c5ccc(C(=O)O)c1c52)c43. The average Bonchev–Trinajstić information content (AvgIpc) is 2.95. The van der Waals surface area contributed by atoms with Gasteiger partial charge < -0.3 is 25.4 Å². The van der Waals surface area contributed by atoms with E-state index in [1.807, 2.05) is 0 Å². The highest BCUT2D eigenvalue weighted by Crippen LogP contribution is 2.44. The maximum atomic E-state index is 13.3. The second-order valence-electron chi connectivity index (χ2n) is 10.0. The third-order valence-corrected chi connectivity index (χ3v) is 7.50. The summed E-state index contributed by atoms with van der Waals surface area (Å²) in [5, 5.41) is 36.6. The number of carbonyl (C=O) groups is 4. The molecule has 0 spiro atoms. The molecule has 0 heterocycles. The molecule has 0 unspecified atom stereocenters. The van der Waals surface area contributed by atoms with Crippen LogP contribution in [0.4, 0.5) is 0 Å². The van der Waals surface area contributed by atoms with Crippen LogP contribution in [0.1, 0.15) is 74.0 Å². The fourth-order valence-electron chi connectivity index (χ4n) is 5.62. The molecular weight excluding hydrogens is 526 g/mol. The summed E-state index contributed by atoms with van der Waals surface area (Å²) in [6.07, 6.45) is 3.71. The first-order chi connectivity index (χ1) is 19.8. The van der Waals surface area contributed by atoms with Gasteiger partial charge in [-0.25, -0.2) is 19.2 Å². The Kier molecular flexibility index (Phi) is 7.72. The third kappa shape index (κ3) is 4.89. The summed E-state index contributed by atoms with van der Waals surface area (Å²) in [5.41, 5.74) is -0.244. The van der Waals surface area contributed by atoms with E-state index in [-0.39, 0.29) is 39.6 Å². The van der Waals surface area contributed by atoms with Crippen molar-refractivity contribution in [2.24, 2.45) is 0 Å². The van der Waals surface area contributed by atoms with Gasteiger partial charge in [-0.1, -0.05) is 37.6 Å². The molecule has 0 amide bonds. The lowest BCUT2D eigenvalue weighted by Crippen LogP contribution is -2.17. The third-order valence-electron chi connectivity index (χ3n) is 7.50. The molecule has 0 aliphatic carbocycles. The van der Waals surface area contributed by atoms with Crippen LogP contribution in [0, 0.1) is 0 Å². The lowest BCUT2D eigenvalue weighted by Gasteiger charge is -2.19. The number of nitrogens with one attached hydrogen (secondary N) is 1. The molecule has 0 atom stereocenters. The molecule has 41 heavy (non-hydrogen) atoms. The van der Waals surface area contributed by atoms with Gasteiger partial charge in [-0.15, -0.1) is 0 Å². The molecule has 9 nitrogen and oxygen atoms in total. The molecule has 0 aliphatic heterocycles. The topological polar surface area (TPSA) is 150 Å². The van der Waals surface area contributed by atoms with Crippen molar-refractivity contribution in [1.82, 2.24) is 5.32 Å². The Morgan fingerprint density at radius 2 is 1.00 bits per heavy atom. The number of carboxylic acids is 3. The number of ether oxygens (including phenoxy) is 1. The van der Waals surface area contributed by atoms with E-state index in [9.17, 15) is 34.5 Å². The number of unbranched alkanes of at least 4 members (excludes halogenated alkanes) is 2. The number of benzene rings is 5. The van der Waals surface area contributed by atoms with Crippen LogP contribution in [0.25, 0.3) is 43.1 Å². The van der Waals surface area contributed by atoms with Crippen molar-refractivity contribution < 1.29 is 39.2 Å². The van der Waals surface area contributed by atoms with Crippen molar-refractivity contribution in [1.29, 1.82) is 0 Å². The maximum Gasteiger partial charge on any atom is 0.338 e. The Morgan fingerprint density at radius 1 is 0.585 bits per heavy atom. The van der Waals surface area contributed by atoms with E-state index in [4.69, 9.17) is 4.74 Å². The molecule has 9 heteroatoms. The lowest BCUT2D eigenvalue weighted by molar-refractivity contribution is 0.0499. The zero-order chi connectivity index (χ0) is 29.3. The van der Waals surface area contributed by atoms with Crippen molar-refractivity contribution in [3.63, 3.8) is 0 Å². The van der Waals surface area contributed by atoms with E-state index in [0.29, 0.717) is 38.7 Å². The van der Waals surface area contributed by atoms with Crippen LogP contribution in [-0.4, -0.2) is 58.9 Å². The second kappa shape index (κ2) is 11.4. The fraction of sp³-hybridized carbons (Fsp3) is 0.250. The summed E-state index contributed by atoms with van der Waals surface area (Å²) in [5.74, 6) is -4.36. The van der Waals surface area contributed by atoms with Crippen LogP contribution in [0.15, 0.2) is 48.5 Å². The predicted molar refractivity (Wildman–Crippen MR) is 156 cm³/mol. The number of fused-ring (bicyclic) bond motifs is 2. The van der Waals surface area contributed by atoms with Gasteiger partial charge in [-0.05, 0) is 88.9 Å². The molecule has 4 N–H and O–H groups in total. The second-order valence-corrected chi connectivity index (χ2v) is 10.0. The van der Waals surface area contributed by atoms with Gasteiger partial charge in [0.2, 0.25) is 0 Å². The lowest BCUT2D eigenvalue weighted by atomic mass is 9.84. The van der Waals surface area contributed by atoms with Gasteiger partial charge in [0.25, 0.3) is 0 Å². The minimum absolute atomic E-state index is 0.0679. The molecule has 0 aliphatic rings. The standard InChI is InChI=1S/C32H29NO8/c1-2-3-14-33-15-4-5-16-41-32(40)24-13-9-20-18-7-11-22(30(36)37)27-21(29(34)35)10-6-17(25(18)27)19-8-12-23(31(38)39)28(24)26(19)20/h6-13,33H,2-5,14-16H2,1H3,(H,34,35)(H,36,37)(H,38,39). The first-order valence-electron chi connectivity index (χ1n) is 13.5. The summed E-state index contributed by atoms with van der Waals surface area (Å²) < 4.78 is 5.55. The van der Waals surface area contributed by atoms with E-state index in [2.05, 4.69) is 12.2 Å². The van der Waals surface area contributed by atoms with Crippen LogP contribution in [0.5, 0.6) is 0 Å². The van der Waals surface area contributed by atoms with Crippen molar-refractivity contribution in [3.05, 3.63) is 70.8 Å². The van der Waals surface area contributed by atoms with Crippen LogP contribution in [0.3, 0.4) is 0 Å². The number of rotatable bonds is 12. The Bertz CT molecular complexity index is 1770. The summed E-state index contributed by atoms with van der Waals surface area (Å²) in [6.45, 7) is 4.08.